The molecular formula is C29H31FN2O3Si. The van der Waals surface area contributed by atoms with Gasteiger partial charge in [-0.25, -0.2) is 4.39 Å². The lowest BCUT2D eigenvalue weighted by Gasteiger charge is -2.22. The average Bonchev–Trinajstić information content (AvgIpc) is 3.28. The zero-order valence-corrected chi connectivity index (χ0v) is 21.9. The Hall–Kier alpha value is -3.29. The number of anilines is 2. The van der Waals surface area contributed by atoms with Crippen LogP contribution in [0.25, 0.3) is 0 Å². The van der Waals surface area contributed by atoms with Crippen LogP contribution in [0.3, 0.4) is 0 Å². The van der Waals surface area contributed by atoms with Crippen molar-refractivity contribution in [3.8, 4) is 0 Å². The van der Waals surface area contributed by atoms with Gasteiger partial charge in [-0.1, -0.05) is 80.3 Å². The van der Waals surface area contributed by atoms with E-state index in [0.29, 0.717) is 18.7 Å². The maximum Gasteiger partial charge on any atom is 0.237 e. The molecule has 2 amide bonds. The smallest absolute Gasteiger partial charge is 0.237 e. The average molecular weight is 503 g/mol. The van der Waals surface area contributed by atoms with Crippen LogP contribution >= 0.6 is 0 Å². The van der Waals surface area contributed by atoms with E-state index >= 15 is 4.39 Å². The number of nitrogens with zero attached hydrogens (tertiary/aromatic N) is 2. The molecule has 5 nitrogen and oxygen atoms in total. The van der Waals surface area contributed by atoms with E-state index in [0.717, 1.165) is 22.9 Å². The van der Waals surface area contributed by atoms with Crippen molar-refractivity contribution in [2.75, 3.05) is 23.1 Å². The molecule has 186 valence electrons. The largest absolute Gasteiger partial charge is 0.361 e. The number of rotatable bonds is 8. The molecule has 5 rings (SSSR count). The van der Waals surface area contributed by atoms with Gasteiger partial charge in [-0.2, -0.15) is 0 Å². The van der Waals surface area contributed by atoms with Gasteiger partial charge in [-0.05, 0) is 34.9 Å². The van der Waals surface area contributed by atoms with Crippen molar-refractivity contribution in [1.29, 1.82) is 0 Å². The van der Waals surface area contributed by atoms with Gasteiger partial charge in [-0.15, -0.1) is 0 Å². The molecular weight excluding hydrogens is 471 g/mol. The summed E-state index contributed by atoms with van der Waals surface area (Å²) in [6.07, 6.45) is 0. The number of ether oxygens (including phenoxy) is 1. The molecule has 0 saturated heterocycles. The Balaban J connectivity index is 1.48. The first-order valence-corrected chi connectivity index (χ1v) is 16.1. The highest BCUT2D eigenvalue weighted by Crippen LogP contribution is 2.51. The van der Waals surface area contributed by atoms with Gasteiger partial charge < -0.3 is 9.64 Å². The second kappa shape index (κ2) is 9.63. The van der Waals surface area contributed by atoms with Crippen LogP contribution in [0.4, 0.5) is 15.8 Å². The second-order valence-corrected chi connectivity index (χ2v) is 16.3. The summed E-state index contributed by atoms with van der Waals surface area (Å²) < 4.78 is 21.0. The Labute approximate surface area is 212 Å². The molecule has 0 aromatic heterocycles. The van der Waals surface area contributed by atoms with Crippen molar-refractivity contribution >= 4 is 31.3 Å². The van der Waals surface area contributed by atoms with Gasteiger partial charge in [0.25, 0.3) is 0 Å². The predicted molar refractivity (Wildman–Crippen MR) is 142 cm³/mol. The number of carbonyl (C=O) groups is 2. The van der Waals surface area contributed by atoms with E-state index in [2.05, 4.69) is 19.6 Å². The van der Waals surface area contributed by atoms with E-state index in [4.69, 9.17) is 4.74 Å². The topological polar surface area (TPSA) is 49.9 Å². The Kier molecular flexibility index (Phi) is 6.53. The van der Waals surface area contributed by atoms with Gasteiger partial charge in [0, 0.05) is 20.4 Å². The van der Waals surface area contributed by atoms with Gasteiger partial charge in [0.2, 0.25) is 11.8 Å². The molecule has 0 aliphatic carbocycles. The summed E-state index contributed by atoms with van der Waals surface area (Å²) >= 11 is 0. The molecule has 0 bridgehead atoms. The molecule has 7 heteroatoms. The minimum absolute atomic E-state index is 0.0238. The van der Waals surface area contributed by atoms with Crippen LogP contribution < -0.4 is 9.80 Å². The lowest BCUT2D eigenvalue weighted by molar-refractivity contribution is -0.126. The van der Waals surface area contributed by atoms with E-state index in [1.165, 1.54) is 11.0 Å². The van der Waals surface area contributed by atoms with Crippen LogP contribution in [-0.4, -0.2) is 33.2 Å². The third kappa shape index (κ3) is 4.49. The number of fused-ring (bicyclic) bond motifs is 2. The second-order valence-electron chi connectivity index (χ2n) is 10.7. The Morgan fingerprint density at radius 2 is 1.44 bits per heavy atom. The van der Waals surface area contributed by atoms with Gasteiger partial charge in [-0.3, -0.25) is 14.5 Å². The lowest BCUT2D eigenvalue weighted by Crippen LogP contribution is -2.37. The number of hydrogen-bond donors (Lipinski definition) is 0. The van der Waals surface area contributed by atoms with E-state index < -0.39 is 25.7 Å². The minimum Gasteiger partial charge on any atom is -0.361 e. The normalized spacial score (nSPS) is 19.1. The molecule has 2 aliphatic rings. The first-order valence-electron chi connectivity index (χ1n) is 12.4. The standard InChI is InChI=1S/C29H31FN2O3Si/c1-36(2,3)17-16-35-19-32-27-22(13-9-14-23(27)30)26(29(32)34)25-21-12-7-8-15-24(21)31(28(25)33)18-20-10-5-4-6-11-20/h4-15,25-26H,16-19H2,1-3H3. The number of hydrogen-bond acceptors (Lipinski definition) is 3. The van der Waals surface area contributed by atoms with E-state index in [1.807, 2.05) is 54.6 Å². The van der Waals surface area contributed by atoms with Crippen LogP contribution in [0.2, 0.25) is 25.7 Å². The number of amides is 2. The predicted octanol–water partition coefficient (Wildman–Crippen LogP) is 5.90. The van der Waals surface area contributed by atoms with Crippen LogP contribution in [-0.2, 0) is 20.9 Å². The molecule has 2 atom stereocenters. The maximum atomic E-state index is 15.1. The molecule has 0 N–H and O–H groups in total. The van der Waals surface area contributed by atoms with Crippen LogP contribution in [0.1, 0.15) is 28.5 Å². The fourth-order valence-corrected chi connectivity index (χ4v) is 5.89. The summed E-state index contributed by atoms with van der Waals surface area (Å²) in [5.74, 6) is -2.43. The molecule has 0 fully saturated rings. The number of benzene rings is 3. The van der Waals surface area contributed by atoms with Crippen molar-refractivity contribution in [3.05, 3.63) is 95.3 Å². The van der Waals surface area contributed by atoms with Crippen LogP contribution in [0.5, 0.6) is 0 Å². The molecule has 0 saturated carbocycles. The molecule has 2 heterocycles. The SMILES string of the molecule is C[Si](C)(C)CCOCN1C(=O)C(C2C(=O)N(Cc3ccccc3)c3ccccc32)c2cccc(F)c21. The summed E-state index contributed by atoms with van der Waals surface area (Å²) in [5, 5.41) is 0. The third-order valence-electron chi connectivity index (χ3n) is 6.98. The molecule has 0 spiro atoms. The Bertz CT molecular complexity index is 1290. The number of para-hydroxylation sites is 2. The fourth-order valence-electron chi connectivity index (χ4n) is 5.13. The van der Waals surface area contributed by atoms with E-state index in [-0.39, 0.29) is 24.2 Å². The summed E-state index contributed by atoms with van der Waals surface area (Å²) in [6, 6.07) is 23.1. The van der Waals surface area contributed by atoms with Crippen molar-refractivity contribution < 1.29 is 18.7 Å². The first kappa shape index (κ1) is 24.4. The first-order chi connectivity index (χ1) is 17.3. The number of carbonyl (C=O) groups excluding carboxylic acids is 2. The highest BCUT2D eigenvalue weighted by atomic mass is 28.3. The minimum atomic E-state index is -1.31. The summed E-state index contributed by atoms with van der Waals surface area (Å²) in [6.45, 7) is 7.67. The monoisotopic (exact) mass is 502 g/mol. The van der Waals surface area contributed by atoms with Crippen LogP contribution in [0, 0.1) is 5.82 Å². The molecule has 3 aromatic rings. The highest BCUT2D eigenvalue weighted by Gasteiger charge is 2.51. The molecule has 2 aliphatic heterocycles. The number of halogens is 1. The molecule has 3 aromatic carbocycles. The van der Waals surface area contributed by atoms with Crippen molar-refractivity contribution in [3.63, 3.8) is 0 Å². The fraction of sp³-hybridized carbons (Fsp3) is 0.310. The van der Waals surface area contributed by atoms with Crippen molar-refractivity contribution in [1.82, 2.24) is 0 Å². The van der Waals surface area contributed by atoms with Gasteiger partial charge in [0.05, 0.1) is 24.1 Å². The summed E-state index contributed by atoms with van der Waals surface area (Å²) in [5.41, 5.74) is 3.37. The Morgan fingerprint density at radius 1 is 0.806 bits per heavy atom. The lowest BCUT2D eigenvalue weighted by atomic mass is 9.83. The molecule has 0 radical (unpaired) electrons. The van der Waals surface area contributed by atoms with Gasteiger partial charge in [0.15, 0.2) is 0 Å². The molecule has 2 unspecified atom stereocenters. The Morgan fingerprint density at radius 3 is 2.19 bits per heavy atom. The van der Waals surface area contributed by atoms with Gasteiger partial charge >= 0.3 is 0 Å². The third-order valence-corrected chi connectivity index (χ3v) is 8.69. The van der Waals surface area contributed by atoms with E-state index in [9.17, 15) is 9.59 Å². The van der Waals surface area contributed by atoms with Gasteiger partial charge in [0.1, 0.15) is 12.5 Å². The molecule has 36 heavy (non-hydrogen) atoms. The maximum absolute atomic E-state index is 15.1. The van der Waals surface area contributed by atoms with Crippen LogP contribution in [0.15, 0.2) is 72.8 Å². The van der Waals surface area contributed by atoms with Crippen molar-refractivity contribution in [2.45, 2.75) is 44.1 Å². The van der Waals surface area contributed by atoms with Crippen molar-refractivity contribution in [2.24, 2.45) is 0 Å². The highest BCUT2D eigenvalue weighted by molar-refractivity contribution is 6.76. The summed E-state index contributed by atoms with van der Waals surface area (Å²) in [4.78, 5) is 30.9. The summed E-state index contributed by atoms with van der Waals surface area (Å²) in [7, 11) is -1.31. The quantitative estimate of drug-likeness (QED) is 0.285. The zero-order chi connectivity index (χ0) is 25.4. The zero-order valence-electron chi connectivity index (χ0n) is 20.9. The van der Waals surface area contributed by atoms with E-state index in [1.54, 1.807) is 17.0 Å².